The van der Waals surface area contributed by atoms with Crippen molar-refractivity contribution in [1.82, 2.24) is 5.32 Å². The smallest absolute Gasteiger partial charge is 0.327 e. The molecule has 3 aromatic rings. The van der Waals surface area contributed by atoms with E-state index < -0.39 is 47.0 Å². The molecule has 4 unspecified atom stereocenters. The van der Waals surface area contributed by atoms with Crippen LogP contribution in [0.15, 0.2) is 72.1 Å². The Morgan fingerprint density at radius 2 is 1.79 bits per heavy atom. The van der Waals surface area contributed by atoms with Gasteiger partial charge >= 0.3 is 5.97 Å². The molecule has 6 nitrogen and oxygen atoms in total. The first-order valence-electron chi connectivity index (χ1n) is 11.1. The SMILES string of the molecule is CCOC(=O)C1(Cc2ccccc2)NC(c2cccs2)C2C(=O)N(c3ccccc3F)C(=O)C21. The zero-order valence-electron chi connectivity index (χ0n) is 18.4. The van der Waals surface area contributed by atoms with Crippen LogP contribution in [0.5, 0.6) is 0 Å². The third kappa shape index (κ3) is 3.45. The van der Waals surface area contributed by atoms with Crippen molar-refractivity contribution in [2.45, 2.75) is 24.9 Å². The van der Waals surface area contributed by atoms with Crippen molar-refractivity contribution >= 4 is 34.8 Å². The van der Waals surface area contributed by atoms with Gasteiger partial charge in [-0.05, 0) is 36.1 Å². The number of benzene rings is 2. The lowest BCUT2D eigenvalue weighted by atomic mass is 9.76. The van der Waals surface area contributed by atoms with Crippen LogP contribution in [0.1, 0.15) is 23.4 Å². The molecule has 0 spiro atoms. The number of carbonyl (C=O) groups is 3. The van der Waals surface area contributed by atoms with Crippen LogP contribution in [-0.4, -0.2) is 29.9 Å². The number of imide groups is 1. The quantitative estimate of drug-likeness (QED) is 0.430. The molecule has 5 rings (SSSR count). The third-order valence-electron chi connectivity index (χ3n) is 6.56. The third-order valence-corrected chi connectivity index (χ3v) is 7.52. The van der Waals surface area contributed by atoms with Crippen LogP contribution >= 0.6 is 11.3 Å². The molecular formula is C26H23FN2O4S. The van der Waals surface area contributed by atoms with Gasteiger partial charge in [0.25, 0.3) is 0 Å². The highest BCUT2D eigenvalue weighted by molar-refractivity contribution is 7.10. The normalized spacial score (nSPS) is 26.1. The summed E-state index contributed by atoms with van der Waals surface area (Å²) in [5.41, 5.74) is -0.767. The van der Waals surface area contributed by atoms with Gasteiger partial charge in [-0.25, -0.2) is 9.29 Å². The van der Waals surface area contributed by atoms with Crippen molar-refractivity contribution < 1.29 is 23.5 Å². The Morgan fingerprint density at radius 3 is 2.47 bits per heavy atom. The summed E-state index contributed by atoms with van der Waals surface area (Å²) in [6.07, 6.45) is 0.153. The van der Waals surface area contributed by atoms with Crippen LogP contribution in [0.4, 0.5) is 10.1 Å². The lowest BCUT2D eigenvalue weighted by Gasteiger charge is -2.33. The molecule has 2 saturated heterocycles. The second-order valence-electron chi connectivity index (χ2n) is 8.46. The van der Waals surface area contributed by atoms with Gasteiger partial charge in [-0.15, -0.1) is 11.3 Å². The van der Waals surface area contributed by atoms with Crippen LogP contribution < -0.4 is 10.2 Å². The summed E-state index contributed by atoms with van der Waals surface area (Å²) >= 11 is 1.43. The van der Waals surface area contributed by atoms with Gasteiger partial charge < -0.3 is 4.74 Å². The molecule has 174 valence electrons. The zero-order valence-corrected chi connectivity index (χ0v) is 19.3. The van der Waals surface area contributed by atoms with Gasteiger partial charge in [-0.1, -0.05) is 48.5 Å². The molecule has 2 aromatic carbocycles. The zero-order chi connectivity index (χ0) is 23.9. The summed E-state index contributed by atoms with van der Waals surface area (Å²) in [5.74, 6) is -4.32. The molecule has 2 aliphatic rings. The minimum atomic E-state index is -1.48. The number of amides is 2. The van der Waals surface area contributed by atoms with Gasteiger partial charge in [0.05, 0.1) is 30.2 Å². The molecule has 3 heterocycles. The number of thiophene rings is 1. The van der Waals surface area contributed by atoms with E-state index in [1.807, 2.05) is 47.8 Å². The summed E-state index contributed by atoms with van der Waals surface area (Å²) in [6.45, 7) is 1.82. The summed E-state index contributed by atoms with van der Waals surface area (Å²) in [7, 11) is 0. The molecule has 0 bridgehead atoms. The molecule has 0 saturated carbocycles. The number of halogens is 1. The molecular weight excluding hydrogens is 455 g/mol. The first-order chi connectivity index (χ1) is 16.5. The number of carbonyl (C=O) groups excluding carboxylic acids is 3. The summed E-state index contributed by atoms with van der Waals surface area (Å²) in [5, 5.41) is 5.24. The molecule has 8 heteroatoms. The molecule has 1 aromatic heterocycles. The lowest BCUT2D eigenvalue weighted by molar-refractivity contribution is -0.154. The van der Waals surface area contributed by atoms with E-state index in [2.05, 4.69) is 5.32 Å². The number of anilines is 1. The molecule has 2 aliphatic heterocycles. The Labute approximate surface area is 200 Å². The lowest BCUT2D eigenvalue weighted by Crippen LogP contribution is -2.58. The molecule has 0 aliphatic carbocycles. The van der Waals surface area contributed by atoms with E-state index in [9.17, 15) is 18.8 Å². The Bertz CT molecular complexity index is 1230. The second-order valence-corrected chi connectivity index (χ2v) is 9.44. The molecule has 2 amide bonds. The van der Waals surface area contributed by atoms with E-state index >= 15 is 0 Å². The monoisotopic (exact) mass is 478 g/mol. The fraction of sp³-hybridized carbons (Fsp3) is 0.269. The van der Waals surface area contributed by atoms with Crippen molar-refractivity contribution in [3.8, 4) is 0 Å². The van der Waals surface area contributed by atoms with Crippen molar-refractivity contribution in [2.75, 3.05) is 11.5 Å². The Morgan fingerprint density at radius 1 is 1.06 bits per heavy atom. The fourth-order valence-electron chi connectivity index (χ4n) is 5.19. The van der Waals surface area contributed by atoms with E-state index in [-0.39, 0.29) is 18.7 Å². The molecule has 1 N–H and O–H groups in total. The Hall–Kier alpha value is -3.36. The van der Waals surface area contributed by atoms with Crippen LogP contribution in [-0.2, 0) is 25.5 Å². The summed E-state index contributed by atoms with van der Waals surface area (Å²) in [6, 6.07) is 18.1. The van der Waals surface area contributed by atoms with Gasteiger partial charge in [0, 0.05) is 11.3 Å². The minimum absolute atomic E-state index is 0.103. The Kier molecular flexibility index (Phi) is 5.79. The molecule has 0 radical (unpaired) electrons. The first kappa shape index (κ1) is 22.4. The largest absolute Gasteiger partial charge is 0.465 e. The molecule has 4 atom stereocenters. The number of fused-ring (bicyclic) bond motifs is 1. The Balaban J connectivity index is 1.68. The van der Waals surface area contributed by atoms with Crippen LogP contribution in [0.25, 0.3) is 0 Å². The first-order valence-corrected chi connectivity index (χ1v) is 12.0. The molecule has 34 heavy (non-hydrogen) atoms. The highest BCUT2D eigenvalue weighted by Gasteiger charge is 2.69. The maximum absolute atomic E-state index is 14.7. The predicted molar refractivity (Wildman–Crippen MR) is 126 cm³/mol. The van der Waals surface area contributed by atoms with Gasteiger partial charge in [-0.2, -0.15) is 0 Å². The summed E-state index contributed by atoms with van der Waals surface area (Å²) < 4.78 is 20.2. The topological polar surface area (TPSA) is 75.7 Å². The number of esters is 1. The number of para-hydroxylation sites is 1. The van der Waals surface area contributed by atoms with Crippen LogP contribution in [0, 0.1) is 17.7 Å². The van der Waals surface area contributed by atoms with E-state index in [1.165, 1.54) is 29.5 Å². The minimum Gasteiger partial charge on any atom is -0.465 e. The second kappa shape index (κ2) is 8.77. The summed E-state index contributed by atoms with van der Waals surface area (Å²) in [4.78, 5) is 42.9. The standard InChI is InChI=1S/C26H23FN2O4S/c1-2-33-25(32)26(15-16-9-4-3-5-10-16)21-20(22(28-26)19-13-8-14-34-19)23(30)29(24(21)31)18-12-7-6-11-17(18)27/h3-14,20-22,28H,2,15H2,1H3. The van der Waals surface area contributed by atoms with Crippen LogP contribution in [0.3, 0.4) is 0 Å². The maximum atomic E-state index is 14.7. The predicted octanol–water partition coefficient (Wildman–Crippen LogP) is 3.88. The van der Waals surface area contributed by atoms with Gasteiger partial charge in [0.15, 0.2) is 0 Å². The fourth-order valence-corrected chi connectivity index (χ4v) is 6.01. The average Bonchev–Trinajstić information content (AvgIpc) is 3.53. The van der Waals surface area contributed by atoms with Gasteiger partial charge in [0.1, 0.15) is 11.4 Å². The van der Waals surface area contributed by atoms with Crippen molar-refractivity contribution in [3.63, 3.8) is 0 Å². The van der Waals surface area contributed by atoms with E-state index in [1.54, 1.807) is 13.0 Å². The van der Waals surface area contributed by atoms with Crippen molar-refractivity contribution in [2.24, 2.45) is 11.8 Å². The molecule has 2 fully saturated rings. The van der Waals surface area contributed by atoms with E-state index in [0.29, 0.717) is 0 Å². The van der Waals surface area contributed by atoms with E-state index in [0.717, 1.165) is 15.3 Å². The van der Waals surface area contributed by atoms with Crippen LogP contribution in [0.2, 0.25) is 0 Å². The number of rotatable bonds is 6. The highest BCUT2D eigenvalue weighted by atomic mass is 32.1. The van der Waals surface area contributed by atoms with Gasteiger partial charge in [0.2, 0.25) is 11.8 Å². The van der Waals surface area contributed by atoms with Crippen molar-refractivity contribution in [3.05, 3.63) is 88.4 Å². The van der Waals surface area contributed by atoms with Crippen molar-refractivity contribution in [1.29, 1.82) is 0 Å². The number of hydrogen-bond donors (Lipinski definition) is 1. The number of nitrogens with zero attached hydrogens (tertiary/aromatic N) is 1. The number of nitrogens with one attached hydrogen (secondary N) is 1. The highest BCUT2D eigenvalue weighted by Crippen LogP contribution is 2.52. The number of ether oxygens (including phenoxy) is 1. The maximum Gasteiger partial charge on any atom is 0.327 e. The van der Waals surface area contributed by atoms with E-state index in [4.69, 9.17) is 4.74 Å². The average molecular weight is 479 g/mol. The number of hydrogen-bond acceptors (Lipinski definition) is 6. The van der Waals surface area contributed by atoms with Gasteiger partial charge in [-0.3, -0.25) is 19.7 Å².